The second kappa shape index (κ2) is 4.48. The Hall–Kier alpha value is -0.680. The molecule has 3 fully saturated rings. The van der Waals surface area contributed by atoms with Crippen LogP contribution in [0.2, 0.25) is 0 Å². The summed E-state index contributed by atoms with van der Waals surface area (Å²) in [5, 5.41) is 0. The van der Waals surface area contributed by atoms with Gasteiger partial charge >= 0.3 is 12.4 Å². The highest BCUT2D eigenvalue weighted by molar-refractivity contribution is 5.21. The Labute approximate surface area is 131 Å². The van der Waals surface area contributed by atoms with Crippen molar-refractivity contribution in [2.45, 2.75) is 45.0 Å². The minimum absolute atomic E-state index is 0.0500. The molecule has 0 heterocycles. The van der Waals surface area contributed by atoms with Crippen LogP contribution in [0.15, 0.2) is 12.2 Å². The Bertz CT molecular complexity index is 516. The zero-order valence-electron chi connectivity index (χ0n) is 12.8. The summed E-state index contributed by atoms with van der Waals surface area (Å²) in [7, 11) is 0. The first kappa shape index (κ1) is 15.8. The number of rotatable bonds is 2. The lowest BCUT2D eigenvalue weighted by atomic mass is 9.65. The van der Waals surface area contributed by atoms with Crippen molar-refractivity contribution < 1.29 is 26.3 Å². The molecule has 4 rings (SSSR count). The van der Waals surface area contributed by atoms with Crippen molar-refractivity contribution in [3.63, 3.8) is 0 Å². The standard InChI is InChI=1S/C17H20F6/c1-15(16(18,19)20,17(21,22)23)7-11-5-10-6-12(11)14-9-3-2-8(4-9)13(10)14/h2-3,8-14H,4-7H2,1H3. The zero-order valence-corrected chi connectivity index (χ0v) is 12.8. The molecule has 0 aromatic carbocycles. The smallest absolute Gasteiger partial charge is 0.170 e. The van der Waals surface area contributed by atoms with Gasteiger partial charge in [-0.3, -0.25) is 0 Å². The van der Waals surface area contributed by atoms with Gasteiger partial charge in [0, 0.05) is 0 Å². The van der Waals surface area contributed by atoms with Crippen LogP contribution in [-0.2, 0) is 0 Å². The third kappa shape index (κ3) is 1.98. The van der Waals surface area contributed by atoms with E-state index in [4.69, 9.17) is 0 Å². The maximum Gasteiger partial charge on any atom is 0.402 e. The average molecular weight is 338 g/mol. The van der Waals surface area contributed by atoms with E-state index in [9.17, 15) is 26.3 Å². The van der Waals surface area contributed by atoms with Crippen LogP contribution >= 0.6 is 0 Å². The molecule has 130 valence electrons. The van der Waals surface area contributed by atoms with E-state index < -0.39 is 30.1 Å². The molecule has 0 aliphatic heterocycles. The van der Waals surface area contributed by atoms with Crippen molar-refractivity contribution in [2.75, 3.05) is 0 Å². The molecule has 23 heavy (non-hydrogen) atoms. The summed E-state index contributed by atoms with van der Waals surface area (Å²) in [5.41, 5.74) is -3.59. The van der Waals surface area contributed by atoms with Crippen molar-refractivity contribution >= 4 is 0 Å². The Morgan fingerprint density at radius 2 is 1.39 bits per heavy atom. The average Bonchev–Trinajstić information content (AvgIpc) is 3.14. The highest BCUT2D eigenvalue weighted by Crippen LogP contribution is 2.69. The molecule has 3 saturated carbocycles. The van der Waals surface area contributed by atoms with Gasteiger partial charge in [0.2, 0.25) is 0 Å². The van der Waals surface area contributed by atoms with Crippen LogP contribution in [0.5, 0.6) is 0 Å². The first-order valence-electron chi connectivity index (χ1n) is 8.35. The van der Waals surface area contributed by atoms with E-state index in [-0.39, 0.29) is 5.92 Å². The fourth-order valence-corrected chi connectivity index (χ4v) is 6.30. The van der Waals surface area contributed by atoms with Crippen LogP contribution in [0.4, 0.5) is 26.3 Å². The molecule has 7 atom stereocenters. The Morgan fingerprint density at radius 1 is 0.826 bits per heavy atom. The number of fused-ring (bicyclic) bond motifs is 9. The topological polar surface area (TPSA) is 0 Å². The lowest BCUT2D eigenvalue weighted by molar-refractivity contribution is -0.340. The lowest BCUT2D eigenvalue weighted by Crippen LogP contribution is -2.49. The zero-order chi connectivity index (χ0) is 16.8. The van der Waals surface area contributed by atoms with Gasteiger partial charge in [-0.25, -0.2) is 0 Å². The Morgan fingerprint density at radius 3 is 1.96 bits per heavy atom. The molecule has 4 aliphatic carbocycles. The van der Waals surface area contributed by atoms with Gasteiger partial charge in [0.25, 0.3) is 0 Å². The Balaban J connectivity index is 1.58. The fourth-order valence-electron chi connectivity index (χ4n) is 6.30. The summed E-state index contributed by atoms with van der Waals surface area (Å²) < 4.78 is 79.1. The van der Waals surface area contributed by atoms with Crippen molar-refractivity contribution in [3.8, 4) is 0 Å². The molecule has 0 N–H and O–H groups in total. The molecule has 0 radical (unpaired) electrons. The van der Waals surface area contributed by atoms with E-state index >= 15 is 0 Å². The third-order valence-corrected chi connectivity index (χ3v) is 7.33. The normalized spacial score (nSPS) is 45.1. The van der Waals surface area contributed by atoms with Crippen molar-refractivity contribution in [3.05, 3.63) is 12.2 Å². The molecule has 0 aromatic rings. The molecule has 0 saturated heterocycles. The van der Waals surface area contributed by atoms with Crippen LogP contribution in [-0.4, -0.2) is 12.4 Å². The molecular formula is C17H20F6. The molecule has 0 aromatic heterocycles. The monoisotopic (exact) mass is 338 g/mol. The fraction of sp³-hybridized carbons (Fsp3) is 0.882. The summed E-state index contributed by atoms with van der Waals surface area (Å²) in [4.78, 5) is 0. The third-order valence-electron chi connectivity index (χ3n) is 7.33. The van der Waals surface area contributed by atoms with E-state index in [0.29, 0.717) is 42.9 Å². The van der Waals surface area contributed by atoms with Crippen LogP contribution < -0.4 is 0 Å². The Kier molecular flexibility index (Phi) is 3.08. The predicted octanol–water partition coefficient (Wildman–Crippen LogP) is 5.60. The summed E-state index contributed by atoms with van der Waals surface area (Å²) in [5.74, 6) is 1.72. The number of halogens is 6. The number of hydrogen-bond acceptors (Lipinski definition) is 0. The van der Waals surface area contributed by atoms with Crippen molar-refractivity contribution in [1.29, 1.82) is 0 Å². The minimum atomic E-state index is -5.25. The molecule has 4 bridgehead atoms. The first-order valence-corrected chi connectivity index (χ1v) is 8.35. The first-order chi connectivity index (χ1) is 10.5. The summed E-state index contributed by atoms with van der Waals surface area (Å²) in [6, 6.07) is 0. The van der Waals surface area contributed by atoms with Gasteiger partial charge < -0.3 is 0 Å². The highest BCUT2D eigenvalue weighted by Gasteiger charge is 2.70. The van der Waals surface area contributed by atoms with Gasteiger partial charge in [0.15, 0.2) is 5.41 Å². The summed E-state index contributed by atoms with van der Waals surface area (Å²) in [6.07, 6.45) is -4.49. The molecule has 6 heteroatoms. The quantitative estimate of drug-likeness (QED) is 0.349. The summed E-state index contributed by atoms with van der Waals surface area (Å²) >= 11 is 0. The number of hydrogen-bond donors (Lipinski definition) is 0. The highest BCUT2D eigenvalue weighted by atomic mass is 19.4. The van der Waals surface area contributed by atoms with Gasteiger partial charge in [-0.2, -0.15) is 26.3 Å². The maximum absolute atomic E-state index is 13.2. The molecule has 7 unspecified atom stereocenters. The van der Waals surface area contributed by atoms with Gasteiger partial charge in [-0.05, 0) is 74.0 Å². The second-order valence-electron chi connectivity index (χ2n) is 8.29. The maximum atomic E-state index is 13.2. The number of allylic oxidation sites excluding steroid dienone is 2. The molecular weight excluding hydrogens is 318 g/mol. The van der Waals surface area contributed by atoms with Gasteiger partial charge in [0.1, 0.15) is 0 Å². The predicted molar refractivity (Wildman–Crippen MR) is 72.3 cm³/mol. The van der Waals surface area contributed by atoms with Gasteiger partial charge in [-0.1, -0.05) is 12.2 Å². The van der Waals surface area contributed by atoms with Gasteiger partial charge in [-0.15, -0.1) is 0 Å². The number of alkyl halides is 6. The second-order valence-corrected chi connectivity index (χ2v) is 8.29. The van der Waals surface area contributed by atoms with Gasteiger partial charge in [0.05, 0.1) is 0 Å². The van der Waals surface area contributed by atoms with E-state index in [1.807, 2.05) is 0 Å². The summed E-state index contributed by atoms with van der Waals surface area (Å²) in [6.45, 7) is 0.344. The molecule has 0 spiro atoms. The van der Waals surface area contributed by atoms with E-state index in [1.54, 1.807) is 0 Å². The molecule has 0 nitrogen and oxygen atoms in total. The molecule has 0 amide bonds. The molecule has 4 aliphatic rings. The lowest BCUT2D eigenvalue weighted by Gasteiger charge is -2.42. The minimum Gasteiger partial charge on any atom is -0.170 e. The van der Waals surface area contributed by atoms with E-state index in [0.717, 1.165) is 12.8 Å². The SMILES string of the molecule is CC(CC1CC2CC1C1C3C=CC(C3)C21)(C(F)(F)F)C(F)(F)F. The largest absolute Gasteiger partial charge is 0.402 e. The van der Waals surface area contributed by atoms with Crippen LogP contribution in [0.25, 0.3) is 0 Å². The van der Waals surface area contributed by atoms with Crippen molar-refractivity contribution in [1.82, 2.24) is 0 Å². The van der Waals surface area contributed by atoms with Crippen LogP contribution in [0.3, 0.4) is 0 Å². The van der Waals surface area contributed by atoms with Crippen LogP contribution in [0, 0.1) is 46.8 Å². The van der Waals surface area contributed by atoms with Crippen molar-refractivity contribution in [2.24, 2.45) is 46.8 Å². The van der Waals surface area contributed by atoms with Crippen LogP contribution in [0.1, 0.15) is 32.6 Å². The van der Waals surface area contributed by atoms with E-state index in [1.165, 1.54) is 0 Å². The van der Waals surface area contributed by atoms with E-state index in [2.05, 4.69) is 12.2 Å².